The molecule has 102 valence electrons. The number of halogens is 3. The monoisotopic (exact) mass is 303 g/mol. The molecule has 1 atom stereocenters. The number of thiophene rings is 1. The minimum Gasteiger partial charge on any atom is -0.386 e. The van der Waals surface area contributed by atoms with Crippen LogP contribution in [0.15, 0.2) is 30.3 Å². The number of benzene rings is 1. The topological polar surface area (TPSA) is 32.3 Å². The Labute approximate surface area is 118 Å². The van der Waals surface area contributed by atoms with Crippen molar-refractivity contribution in [1.82, 2.24) is 5.32 Å². The molecule has 2 N–H and O–H groups in total. The van der Waals surface area contributed by atoms with Gasteiger partial charge in [0.15, 0.2) is 11.6 Å². The minimum absolute atomic E-state index is 0.315. The van der Waals surface area contributed by atoms with Crippen molar-refractivity contribution in [3.63, 3.8) is 0 Å². The lowest BCUT2D eigenvalue weighted by molar-refractivity contribution is 0.178. The summed E-state index contributed by atoms with van der Waals surface area (Å²) in [4.78, 5) is 0.766. The fourth-order valence-corrected chi connectivity index (χ4v) is 2.66. The average molecular weight is 304 g/mol. The van der Waals surface area contributed by atoms with Crippen molar-refractivity contribution >= 4 is 22.9 Å². The van der Waals surface area contributed by atoms with Crippen LogP contribution in [0.3, 0.4) is 0 Å². The summed E-state index contributed by atoms with van der Waals surface area (Å²) in [6.07, 6.45) is -0.664. The number of nitrogens with one attached hydrogen (secondary N) is 1. The quantitative estimate of drug-likeness (QED) is 0.886. The van der Waals surface area contributed by atoms with Gasteiger partial charge in [-0.05, 0) is 29.8 Å². The second-order valence-corrected chi connectivity index (χ2v) is 5.78. The van der Waals surface area contributed by atoms with Gasteiger partial charge in [0.1, 0.15) is 6.10 Å². The lowest BCUT2D eigenvalue weighted by Crippen LogP contribution is -2.20. The highest BCUT2D eigenvalue weighted by Crippen LogP contribution is 2.26. The molecule has 0 aliphatic carbocycles. The molecular formula is C13H12ClF2NOS. The highest BCUT2D eigenvalue weighted by molar-refractivity contribution is 7.16. The number of aliphatic hydroxyl groups excluding tert-OH is 1. The summed E-state index contributed by atoms with van der Waals surface area (Å²) in [6.45, 7) is 0.670. The zero-order chi connectivity index (χ0) is 13.8. The molecule has 0 saturated heterocycles. The SMILES string of the molecule is OC(CNCc1ccc(F)c(F)c1)c1ccc(Cl)s1. The van der Waals surface area contributed by atoms with Crippen LogP contribution in [-0.4, -0.2) is 11.7 Å². The first-order valence-corrected chi connectivity index (χ1v) is 6.83. The van der Waals surface area contributed by atoms with Crippen LogP contribution in [-0.2, 0) is 6.54 Å². The molecule has 2 nitrogen and oxygen atoms in total. The number of hydrogen-bond acceptors (Lipinski definition) is 3. The molecule has 0 aliphatic heterocycles. The third-order valence-electron chi connectivity index (χ3n) is 2.57. The Kier molecular flexibility index (Phi) is 4.87. The van der Waals surface area contributed by atoms with Crippen LogP contribution >= 0.6 is 22.9 Å². The van der Waals surface area contributed by atoms with E-state index in [0.29, 0.717) is 23.0 Å². The molecule has 0 fully saturated rings. The lowest BCUT2D eigenvalue weighted by atomic mass is 10.2. The maximum Gasteiger partial charge on any atom is 0.159 e. The average Bonchev–Trinajstić information content (AvgIpc) is 2.80. The highest BCUT2D eigenvalue weighted by Gasteiger charge is 2.10. The molecule has 1 aromatic carbocycles. The highest BCUT2D eigenvalue weighted by atomic mass is 35.5. The molecule has 6 heteroatoms. The van der Waals surface area contributed by atoms with Gasteiger partial charge in [-0.25, -0.2) is 8.78 Å². The molecule has 0 amide bonds. The Morgan fingerprint density at radius 2 is 2.00 bits per heavy atom. The Balaban J connectivity index is 1.84. The van der Waals surface area contributed by atoms with E-state index in [4.69, 9.17) is 11.6 Å². The second-order valence-electron chi connectivity index (χ2n) is 4.04. The van der Waals surface area contributed by atoms with E-state index in [0.717, 1.165) is 17.0 Å². The first-order chi connectivity index (χ1) is 9.06. The van der Waals surface area contributed by atoms with Crippen molar-refractivity contribution in [3.8, 4) is 0 Å². The van der Waals surface area contributed by atoms with Crippen LogP contribution < -0.4 is 5.32 Å². The van der Waals surface area contributed by atoms with Crippen molar-refractivity contribution in [2.24, 2.45) is 0 Å². The fraction of sp³-hybridized carbons (Fsp3) is 0.231. The third-order valence-corrected chi connectivity index (χ3v) is 3.91. The first-order valence-electron chi connectivity index (χ1n) is 5.64. The molecule has 0 saturated carbocycles. The van der Waals surface area contributed by atoms with E-state index in [1.165, 1.54) is 17.4 Å². The van der Waals surface area contributed by atoms with Gasteiger partial charge in [0, 0.05) is 18.0 Å². The van der Waals surface area contributed by atoms with Crippen molar-refractivity contribution in [2.75, 3.05) is 6.54 Å². The molecule has 1 unspecified atom stereocenters. The van der Waals surface area contributed by atoms with E-state index in [1.807, 2.05) is 0 Å². The largest absolute Gasteiger partial charge is 0.386 e. The molecule has 2 aromatic rings. The first kappa shape index (κ1) is 14.4. The Morgan fingerprint density at radius 3 is 2.63 bits per heavy atom. The molecular weight excluding hydrogens is 292 g/mol. The van der Waals surface area contributed by atoms with E-state index < -0.39 is 17.7 Å². The summed E-state index contributed by atoms with van der Waals surface area (Å²) in [5.41, 5.74) is 0.621. The zero-order valence-electron chi connectivity index (χ0n) is 9.87. The number of aliphatic hydroxyl groups is 1. The molecule has 0 bridgehead atoms. The molecule has 1 aromatic heterocycles. The van der Waals surface area contributed by atoms with Gasteiger partial charge in [0.25, 0.3) is 0 Å². The maximum atomic E-state index is 13.0. The molecule has 0 radical (unpaired) electrons. The third kappa shape index (κ3) is 3.98. The fourth-order valence-electron chi connectivity index (χ4n) is 1.61. The van der Waals surface area contributed by atoms with Gasteiger partial charge in [0.05, 0.1) is 4.34 Å². The van der Waals surface area contributed by atoms with E-state index in [-0.39, 0.29) is 0 Å². The van der Waals surface area contributed by atoms with Crippen molar-refractivity contribution in [2.45, 2.75) is 12.6 Å². The van der Waals surface area contributed by atoms with Gasteiger partial charge < -0.3 is 10.4 Å². The molecule has 0 aliphatic rings. The molecule has 1 heterocycles. The van der Waals surface area contributed by atoms with E-state index in [1.54, 1.807) is 12.1 Å². The predicted octanol–water partition coefficient (Wildman–Crippen LogP) is 3.50. The summed E-state index contributed by atoms with van der Waals surface area (Å²) in [5.74, 6) is -1.73. The van der Waals surface area contributed by atoms with Gasteiger partial charge in [-0.2, -0.15) is 0 Å². The van der Waals surface area contributed by atoms with Gasteiger partial charge in [-0.1, -0.05) is 17.7 Å². The molecule has 2 rings (SSSR count). The van der Waals surface area contributed by atoms with E-state index in [2.05, 4.69) is 5.32 Å². The Bertz CT molecular complexity index is 561. The number of rotatable bonds is 5. The van der Waals surface area contributed by atoms with Gasteiger partial charge >= 0.3 is 0 Å². The Hall–Kier alpha value is -1.01. The van der Waals surface area contributed by atoms with Crippen LogP contribution in [0, 0.1) is 11.6 Å². The maximum absolute atomic E-state index is 13.0. The summed E-state index contributed by atoms with van der Waals surface area (Å²) >= 11 is 7.09. The molecule has 19 heavy (non-hydrogen) atoms. The Morgan fingerprint density at radius 1 is 1.21 bits per heavy atom. The predicted molar refractivity (Wildman–Crippen MR) is 72.4 cm³/mol. The van der Waals surface area contributed by atoms with E-state index in [9.17, 15) is 13.9 Å². The normalized spacial score (nSPS) is 12.6. The minimum atomic E-state index is -0.870. The van der Waals surface area contributed by atoms with Gasteiger partial charge in [-0.15, -0.1) is 11.3 Å². The standard InChI is InChI=1S/C13H12ClF2NOS/c14-13-4-3-12(19-13)11(18)7-17-6-8-1-2-9(15)10(16)5-8/h1-5,11,17-18H,6-7H2. The molecule has 0 spiro atoms. The lowest BCUT2D eigenvalue weighted by Gasteiger charge is -2.10. The van der Waals surface area contributed by atoms with Crippen LogP contribution in [0.5, 0.6) is 0 Å². The van der Waals surface area contributed by atoms with Crippen LogP contribution in [0.4, 0.5) is 8.78 Å². The summed E-state index contributed by atoms with van der Waals surface area (Å²) in [5, 5.41) is 12.8. The van der Waals surface area contributed by atoms with E-state index >= 15 is 0 Å². The van der Waals surface area contributed by atoms with Crippen LogP contribution in [0.2, 0.25) is 4.34 Å². The number of hydrogen-bond donors (Lipinski definition) is 2. The van der Waals surface area contributed by atoms with Gasteiger partial charge in [0.2, 0.25) is 0 Å². The van der Waals surface area contributed by atoms with Crippen LogP contribution in [0.25, 0.3) is 0 Å². The smallest absolute Gasteiger partial charge is 0.159 e. The van der Waals surface area contributed by atoms with Gasteiger partial charge in [-0.3, -0.25) is 0 Å². The van der Waals surface area contributed by atoms with Crippen molar-refractivity contribution < 1.29 is 13.9 Å². The second kappa shape index (κ2) is 6.43. The summed E-state index contributed by atoms with van der Waals surface area (Å²) in [7, 11) is 0. The van der Waals surface area contributed by atoms with Crippen molar-refractivity contribution in [1.29, 1.82) is 0 Å². The van der Waals surface area contributed by atoms with Crippen LogP contribution in [0.1, 0.15) is 16.5 Å². The summed E-state index contributed by atoms with van der Waals surface area (Å²) in [6, 6.07) is 7.20. The summed E-state index contributed by atoms with van der Waals surface area (Å²) < 4.78 is 26.3. The van der Waals surface area contributed by atoms with Crippen molar-refractivity contribution in [3.05, 3.63) is 56.7 Å². The zero-order valence-corrected chi connectivity index (χ0v) is 11.4.